The van der Waals surface area contributed by atoms with Crippen LogP contribution in [0.4, 0.5) is 5.69 Å². The third-order valence-corrected chi connectivity index (χ3v) is 5.06. The highest BCUT2D eigenvalue weighted by atomic mass is 32.2. The van der Waals surface area contributed by atoms with Gasteiger partial charge in [0.05, 0.1) is 29.9 Å². The number of pyridine rings is 1. The standard InChI is InChI=1S/C18H20N4O2S/c1-21(2)16-7-5-4-6-14(16)13-25(23)18-19-10-11-22(18)17-9-8-15(24-3)12-20-17/h4-12H,13H2,1-3H3. The molecule has 1 aromatic carbocycles. The number of methoxy groups -OCH3 is 1. The smallest absolute Gasteiger partial charge is 0.205 e. The van der Waals surface area contributed by atoms with Gasteiger partial charge in [-0.25, -0.2) is 9.97 Å². The lowest BCUT2D eigenvalue weighted by Gasteiger charge is -2.17. The molecular weight excluding hydrogens is 336 g/mol. The number of hydrogen-bond acceptors (Lipinski definition) is 5. The van der Waals surface area contributed by atoms with Crippen LogP contribution in [0.15, 0.2) is 60.1 Å². The second kappa shape index (κ2) is 7.48. The molecule has 2 aromatic heterocycles. The monoisotopic (exact) mass is 356 g/mol. The second-order valence-electron chi connectivity index (χ2n) is 5.65. The molecule has 0 aliphatic heterocycles. The Morgan fingerprint density at radius 1 is 1.16 bits per heavy atom. The van der Waals surface area contributed by atoms with E-state index in [1.54, 1.807) is 30.3 Å². The van der Waals surface area contributed by atoms with Crippen molar-refractivity contribution in [2.75, 3.05) is 26.1 Å². The van der Waals surface area contributed by atoms with Gasteiger partial charge in [-0.05, 0) is 23.8 Å². The van der Waals surface area contributed by atoms with Crippen LogP contribution >= 0.6 is 0 Å². The molecule has 0 bridgehead atoms. The number of anilines is 1. The molecule has 3 aromatic rings. The molecule has 130 valence electrons. The quantitative estimate of drug-likeness (QED) is 0.679. The van der Waals surface area contributed by atoms with E-state index in [1.807, 2.05) is 55.4 Å². The molecule has 0 saturated carbocycles. The van der Waals surface area contributed by atoms with E-state index in [2.05, 4.69) is 9.97 Å². The lowest BCUT2D eigenvalue weighted by atomic mass is 10.2. The first-order chi connectivity index (χ1) is 12.1. The molecule has 0 fully saturated rings. The molecular formula is C18H20N4O2S. The van der Waals surface area contributed by atoms with Crippen molar-refractivity contribution < 1.29 is 8.95 Å². The fourth-order valence-electron chi connectivity index (χ4n) is 2.54. The molecule has 2 heterocycles. The highest BCUT2D eigenvalue weighted by molar-refractivity contribution is 7.84. The minimum Gasteiger partial charge on any atom is -0.495 e. The van der Waals surface area contributed by atoms with Crippen molar-refractivity contribution in [3.8, 4) is 11.6 Å². The van der Waals surface area contributed by atoms with Crippen molar-refractivity contribution in [2.24, 2.45) is 0 Å². The maximum Gasteiger partial charge on any atom is 0.205 e. The Morgan fingerprint density at radius 3 is 2.64 bits per heavy atom. The van der Waals surface area contributed by atoms with Crippen molar-refractivity contribution in [1.82, 2.24) is 14.5 Å². The van der Waals surface area contributed by atoms with Gasteiger partial charge in [0.25, 0.3) is 0 Å². The summed E-state index contributed by atoms with van der Waals surface area (Å²) in [5, 5.41) is 0.478. The molecule has 0 spiro atoms. The molecule has 0 radical (unpaired) electrons. The Hall–Kier alpha value is -2.67. The minimum absolute atomic E-state index is 0.390. The topological polar surface area (TPSA) is 60.3 Å². The first kappa shape index (κ1) is 17.2. The maximum absolute atomic E-state index is 12.9. The van der Waals surface area contributed by atoms with Crippen molar-refractivity contribution >= 4 is 16.5 Å². The zero-order valence-corrected chi connectivity index (χ0v) is 15.2. The van der Waals surface area contributed by atoms with Gasteiger partial charge < -0.3 is 9.64 Å². The van der Waals surface area contributed by atoms with Gasteiger partial charge in [-0.2, -0.15) is 0 Å². The van der Waals surface area contributed by atoms with Crippen molar-refractivity contribution in [3.63, 3.8) is 0 Å². The van der Waals surface area contributed by atoms with E-state index in [-0.39, 0.29) is 0 Å². The number of imidazole rings is 1. The summed E-state index contributed by atoms with van der Waals surface area (Å²) >= 11 is 0. The predicted octanol–water partition coefficient (Wildman–Crippen LogP) is 2.65. The number of benzene rings is 1. The fraction of sp³-hybridized carbons (Fsp3) is 0.222. The SMILES string of the molecule is COc1ccc(-n2ccnc2S(=O)Cc2ccccc2N(C)C)nc1. The van der Waals surface area contributed by atoms with Crippen LogP contribution < -0.4 is 9.64 Å². The van der Waals surface area contributed by atoms with E-state index in [0.29, 0.717) is 22.5 Å². The van der Waals surface area contributed by atoms with Crippen LogP contribution in [0.25, 0.3) is 5.82 Å². The lowest BCUT2D eigenvalue weighted by molar-refractivity contribution is 0.412. The summed E-state index contributed by atoms with van der Waals surface area (Å²) in [5.41, 5.74) is 2.07. The zero-order valence-electron chi connectivity index (χ0n) is 14.4. The molecule has 1 unspecified atom stereocenters. The van der Waals surface area contributed by atoms with Gasteiger partial charge in [-0.3, -0.25) is 8.78 Å². The molecule has 6 nitrogen and oxygen atoms in total. The van der Waals surface area contributed by atoms with Gasteiger partial charge in [0.2, 0.25) is 5.16 Å². The van der Waals surface area contributed by atoms with E-state index in [0.717, 1.165) is 11.3 Å². The molecule has 7 heteroatoms. The molecule has 0 aliphatic carbocycles. The number of para-hydroxylation sites is 1. The van der Waals surface area contributed by atoms with Crippen molar-refractivity contribution in [3.05, 3.63) is 60.6 Å². The number of ether oxygens (including phenoxy) is 1. The van der Waals surface area contributed by atoms with Crippen LogP contribution in [0.5, 0.6) is 5.75 Å². The normalized spacial score (nSPS) is 12.0. The molecule has 1 atom stereocenters. The summed E-state index contributed by atoms with van der Waals surface area (Å²) in [6.45, 7) is 0. The van der Waals surface area contributed by atoms with E-state index >= 15 is 0 Å². The van der Waals surface area contributed by atoms with Crippen molar-refractivity contribution in [1.29, 1.82) is 0 Å². The summed E-state index contributed by atoms with van der Waals surface area (Å²) in [5.74, 6) is 1.72. The second-order valence-corrected chi connectivity index (χ2v) is 6.99. The molecule has 25 heavy (non-hydrogen) atoms. The first-order valence-electron chi connectivity index (χ1n) is 7.77. The minimum atomic E-state index is -1.30. The van der Waals surface area contributed by atoms with Crippen LogP contribution in [-0.2, 0) is 16.6 Å². The van der Waals surface area contributed by atoms with Crippen LogP contribution in [0.2, 0.25) is 0 Å². The van der Waals surface area contributed by atoms with Gasteiger partial charge in [-0.1, -0.05) is 18.2 Å². The molecule has 3 rings (SSSR count). The largest absolute Gasteiger partial charge is 0.495 e. The fourth-order valence-corrected chi connectivity index (χ4v) is 3.75. The van der Waals surface area contributed by atoms with E-state index in [4.69, 9.17) is 4.74 Å². The Kier molecular flexibility index (Phi) is 5.14. The van der Waals surface area contributed by atoms with Gasteiger partial charge in [-0.15, -0.1) is 0 Å². The highest BCUT2D eigenvalue weighted by Gasteiger charge is 2.16. The number of hydrogen-bond donors (Lipinski definition) is 0. The molecule has 0 saturated heterocycles. The van der Waals surface area contributed by atoms with E-state index < -0.39 is 10.8 Å². The summed E-state index contributed by atoms with van der Waals surface area (Å²) in [7, 11) is 4.25. The Labute approximate surface area is 149 Å². The number of nitrogens with zero attached hydrogens (tertiary/aromatic N) is 4. The third kappa shape index (κ3) is 3.71. The van der Waals surface area contributed by atoms with Gasteiger partial charge in [0.1, 0.15) is 11.6 Å². The average molecular weight is 356 g/mol. The third-order valence-electron chi connectivity index (χ3n) is 3.77. The van der Waals surface area contributed by atoms with Crippen LogP contribution in [0.1, 0.15) is 5.56 Å². The van der Waals surface area contributed by atoms with E-state index in [9.17, 15) is 4.21 Å². The molecule has 0 N–H and O–H groups in total. The number of rotatable bonds is 6. The summed E-state index contributed by atoms with van der Waals surface area (Å²) < 4.78 is 19.8. The Balaban J connectivity index is 1.88. The lowest BCUT2D eigenvalue weighted by Crippen LogP contribution is -2.13. The van der Waals surface area contributed by atoms with Gasteiger partial charge in [0, 0.05) is 32.2 Å². The average Bonchev–Trinajstić information content (AvgIpc) is 3.12. The van der Waals surface area contributed by atoms with Crippen LogP contribution in [0.3, 0.4) is 0 Å². The summed E-state index contributed by atoms with van der Waals surface area (Å²) in [6, 6.07) is 11.6. The van der Waals surface area contributed by atoms with Crippen LogP contribution in [-0.4, -0.2) is 39.9 Å². The van der Waals surface area contributed by atoms with Gasteiger partial charge >= 0.3 is 0 Å². The van der Waals surface area contributed by atoms with Gasteiger partial charge in [0.15, 0.2) is 0 Å². The molecule has 0 aliphatic rings. The Bertz CT molecular complexity index is 875. The zero-order chi connectivity index (χ0) is 17.8. The Morgan fingerprint density at radius 2 is 1.96 bits per heavy atom. The summed E-state index contributed by atoms with van der Waals surface area (Å²) in [4.78, 5) is 10.6. The first-order valence-corrected chi connectivity index (χ1v) is 9.09. The molecule has 0 amide bonds. The number of aromatic nitrogens is 3. The predicted molar refractivity (Wildman–Crippen MR) is 98.8 cm³/mol. The van der Waals surface area contributed by atoms with E-state index in [1.165, 1.54) is 0 Å². The van der Waals surface area contributed by atoms with Crippen LogP contribution in [0, 0.1) is 0 Å². The summed E-state index contributed by atoms with van der Waals surface area (Å²) in [6.07, 6.45) is 5.03. The van der Waals surface area contributed by atoms with Crippen molar-refractivity contribution in [2.45, 2.75) is 10.9 Å². The maximum atomic E-state index is 12.9. The highest BCUT2D eigenvalue weighted by Crippen LogP contribution is 2.22.